The molecule has 1 saturated heterocycles. The number of β-amino-alcohol motifs (C(OH)–C–C–N with tert-alkyl or cyclic N) is 1. The van der Waals surface area contributed by atoms with Gasteiger partial charge in [0.1, 0.15) is 30.3 Å². The number of nitrogens with one attached hydrogen (secondary N) is 2. The number of para-hydroxylation sites is 2. The van der Waals surface area contributed by atoms with Gasteiger partial charge >= 0.3 is 0 Å². The minimum atomic E-state index is -0.682. The number of nitrogens with zero attached hydrogens (tertiary/aromatic N) is 1. The van der Waals surface area contributed by atoms with Crippen LogP contribution < -0.4 is 14.8 Å². The first kappa shape index (κ1) is 24.2. The number of hydrogen-bond donors (Lipinski definition) is 3. The number of aliphatic hydroxyl groups is 1. The van der Waals surface area contributed by atoms with Gasteiger partial charge in [-0.2, -0.15) is 0 Å². The van der Waals surface area contributed by atoms with Gasteiger partial charge in [0.2, 0.25) is 0 Å². The SMILES string of the molecule is O=C(Nc1ccccc1OCC(O)CN1CCC(Oc2ccc(Cl)cc2)C1)c1ccc2cc[nH]c2c1. The van der Waals surface area contributed by atoms with E-state index in [0.717, 1.165) is 36.2 Å². The topological polar surface area (TPSA) is 86.8 Å². The average molecular weight is 506 g/mol. The monoisotopic (exact) mass is 505 g/mol. The average Bonchev–Trinajstić information content (AvgIpc) is 3.53. The van der Waals surface area contributed by atoms with Crippen molar-refractivity contribution in [2.75, 3.05) is 31.6 Å². The molecule has 1 aromatic heterocycles. The van der Waals surface area contributed by atoms with Gasteiger partial charge in [-0.25, -0.2) is 0 Å². The number of rotatable bonds is 9. The Bertz CT molecular complexity index is 1320. The quantitative estimate of drug-likeness (QED) is 0.299. The van der Waals surface area contributed by atoms with E-state index in [9.17, 15) is 9.90 Å². The van der Waals surface area contributed by atoms with Crippen molar-refractivity contribution in [1.82, 2.24) is 9.88 Å². The maximum absolute atomic E-state index is 12.8. The minimum Gasteiger partial charge on any atom is -0.489 e. The third-order valence-corrected chi connectivity index (χ3v) is 6.45. The van der Waals surface area contributed by atoms with Gasteiger partial charge in [-0.3, -0.25) is 9.69 Å². The second kappa shape index (κ2) is 11.0. The highest BCUT2D eigenvalue weighted by atomic mass is 35.5. The van der Waals surface area contributed by atoms with Crippen molar-refractivity contribution in [3.8, 4) is 11.5 Å². The number of anilines is 1. The zero-order valence-electron chi connectivity index (χ0n) is 19.7. The molecule has 1 aliphatic rings. The molecule has 1 fully saturated rings. The van der Waals surface area contributed by atoms with E-state index in [1.807, 2.05) is 60.8 Å². The summed E-state index contributed by atoms with van der Waals surface area (Å²) in [7, 11) is 0. The van der Waals surface area contributed by atoms with Gasteiger partial charge in [0.25, 0.3) is 5.91 Å². The summed E-state index contributed by atoms with van der Waals surface area (Å²) in [5.41, 5.74) is 2.00. The van der Waals surface area contributed by atoms with Crippen LogP contribution in [0.5, 0.6) is 11.5 Å². The fourth-order valence-electron chi connectivity index (χ4n) is 4.38. The number of halogens is 1. The molecule has 36 heavy (non-hydrogen) atoms. The molecular formula is C28H28ClN3O4. The van der Waals surface area contributed by atoms with Crippen LogP contribution in [0.3, 0.4) is 0 Å². The number of aromatic nitrogens is 1. The number of hydrogen-bond acceptors (Lipinski definition) is 5. The molecule has 5 rings (SSSR count). The number of amides is 1. The number of aromatic amines is 1. The first-order valence-electron chi connectivity index (χ1n) is 12.0. The van der Waals surface area contributed by atoms with Crippen LogP contribution in [0.2, 0.25) is 5.02 Å². The maximum Gasteiger partial charge on any atom is 0.255 e. The summed E-state index contributed by atoms with van der Waals surface area (Å²) in [6.45, 7) is 2.16. The second-order valence-corrected chi connectivity index (χ2v) is 9.37. The highest BCUT2D eigenvalue weighted by Gasteiger charge is 2.26. The van der Waals surface area contributed by atoms with Crippen molar-refractivity contribution in [1.29, 1.82) is 0 Å². The predicted molar refractivity (Wildman–Crippen MR) is 141 cm³/mol. The number of H-pyrrole nitrogens is 1. The van der Waals surface area contributed by atoms with Crippen molar-refractivity contribution in [2.24, 2.45) is 0 Å². The van der Waals surface area contributed by atoms with E-state index in [1.54, 1.807) is 18.2 Å². The first-order chi connectivity index (χ1) is 17.5. The lowest BCUT2D eigenvalue weighted by Gasteiger charge is -2.21. The zero-order chi connectivity index (χ0) is 24.9. The first-order valence-corrected chi connectivity index (χ1v) is 12.3. The van der Waals surface area contributed by atoms with Crippen LogP contribution in [0, 0.1) is 0 Å². The summed E-state index contributed by atoms with van der Waals surface area (Å²) < 4.78 is 11.9. The Morgan fingerprint density at radius 2 is 1.97 bits per heavy atom. The fourth-order valence-corrected chi connectivity index (χ4v) is 4.51. The molecule has 1 aliphatic heterocycles. The largest absolute Gasteiger partial charge is 0.489 e. The van der Waals surface area contributed by atoms with E-state index < -0.39 is 6.10 Å². The number of aliphatic hydroxyl groups excluding tert-OH is 1. The van der Waals surface area contributed by atoms with Crippen LogP contribution in [-0.2, 0) is 0 Å². The van der Waals surface area contributed by atoms with Crippen molar-refractivity contribution in [3.63, 3.8) is 0 Å². The van der Waals surface area contributed by atoms with Crippen LogP contribution in [0.4, 0.5) is 5.69 Å². The molecule has 186 valence electrons. The van der Waals surface area contributed by atoms with Gasteiger partial charge in [0.05, 0.1) is 5.69 Å². The molecule has 0 saturated carbocycles. The fraction of sp³-hybridized carbons (Fsp3) is 0.250. The molecule has 8 heteroatoms. The molecule has 7 nitrogen and oxygen atoms in total. The van der Waals surface area contributed by atoms with Crippen molar-refractivity contribution >= 4 is 34.1 Å². The van der Waals surface area contributed by atoms with E-state index in [0.29, 0.717) is 28.6 Å². The van der Waals surface area contributed by atoms with Crippen LogP contribution in [0.1, 0.15) is 16.8 Å². The van der Waals surface area contributed by atoms with Crippen LogP contribution in [0.15, 0.2) is 79.0 Å². The Hall–Kier alpha value is -3.52. The lowest BCUT2D eigenvalue weighted by molar-refractivity contribution is 0.0722. The van der Waals surface area contributed by atoms with Gasteiger partial charge in [0, 0.05) is 41.9 Å². The minimum absolute atomic E-state index is 0.0698. The predicted octanol–water partition coefficient (Wildman–Crippen LogP) is 4.97. The summed E-state index contributed by atoms with van der Waals surface area (Å²) >= 11 is 5.94. The van der Waals surface area contributed by atoms with Crippen molar-refractivity contribution < 1.29 is 19.4 Å². The van der Waals surface area contributed by atoms with Gasteiger partial charge in [-0.1, -0.05) is 29.8 Å². The molecule has 4 aromatic rings. The number of fused-ring (bicyclic) bond motifs is 1. The van der Waals surface area contributed by atoms with Crippen molar-refractivity contribution in [2.45, 2.75) is 18.6 Å². The van der Waals surface area contributed by atoms with Crippen LogP contribution >= 0.6 is 11.6 Å². The number of carbonyl (C=O) groups excluding carboxylic acids is 1. The van der Waals surface area contributed by atoms with Gasteiger partial charge < -0.3 is 24.9 Å². The Morgan fingerprint density at radius 3 is 2.83 bits per heavy atom. The summed E-state index contributed by atoms with van der Waals surface area (Å²) in [6.07, 6.45) is 2.12. The Morgan fingerprint density at radius 1 is 1.14 bits per heavy atom. The van der Waals surface area contributed by atoms with E-state index in [-0.39, 0.29) is 18.6 Å². The third kappa shape index (κ3) is 5.99. The molecule has 3 N–H and O–H groups in total. The van der Waals surface area contributed by atoms with E-state index in [1.165, 1.54) is 0 Å². The summed E-state index contributed by atoms with van der Waals surface area (Å²) in [6, 6.07) is 22.1. The zero-order valence-corrected chi connectivity index (χ0v) is 20.4. The Balaban J connectivity index is 1.12. The highest BCUT2D eigenvalue weighted by Crippen LogP contribution is 2.26. The van der Waals surface area contributed by atoms with Crippen LogP contribution in [-0.4, -0.2) is 59.3 Å². The van der Waals surface area contributed by atoms with Gasteiger partial charge in [-0.05, 0) is 66.4 Å². The standard InChI is InChI=1S/C28H28ClN3O4/c29-21-7-9-23(10-8-21)36-24-12-14-32(17-24)16-22(33)18-35-27-4-2-1-3-25(27)31-28(34)20-6-5-19-11-13-30-26(19)15-20/h1-11,13,15,22,24,30,33H,12,14,16-18H2,(H,31,34). The maximum atomic E-state index is 12.8. The Labute approximate surface area is 214 Å². The Kier molecular flexibility index (Phi) is 7.41. The second-order valence-electron chi connectivity index (χ2n) is 8.94. The molecule has 1 amide bonds. The van der Waals surface area contributed by atoms with Crippen LogP contribution in [0.25, 0.3) is 10.9 Å². The van der Waals surface area contributed by atoms with E-state index >= 15 is 0 Å². The molecule has 2 heterocycles. The molecule has 3 aromatic carbocycles. The number of benzene rings is 3. The molecule has 0 radical (unpaired) electrons. The van der Waals surface area contributed by atoms with E-state index in [4.69, 9.17) is 21.1 Å². The molecular weight excluding hydrogens is 478 g/mol. The van der Waals surface area contributed by atoms with Gasteiger partial charge in [-0.15, -0.1) is 0 Å². The summed E-state index contributed by atoms with van der Waals surface area (Å²) in [5.74, 6) is 1.07. The lowest BCUT2D eigenvalue weighted by atomic mass is 10.1. The third-order valence-electron chi connectivity index (χ3n) is 6.20. The number of carbonyl (C=O) groups is 1. The molecule has 2 atom stereocenters. The summed E-state index contributed by atoms with van der Waals surface area (Å²) in [4.78, 5) is 18.1. The lowest BCUT2D eigenvalue weighted by Crippen LogP contribution is -2.35. The number of likely N-dealkylation sites (tertiary alicyclic amines) is 1. The normalized spacial score (nSPS) is 16.7. The summed E-state index contributed by atoms with van der Waals surface area (Å²) in [5, 5.41) is 15.2. The molecule has 2 unspecified atom stereocenters. The van der Waals surface area contributed by atoms with E-state index in [2.05, 4.69) is 15.2 Å². The molecule has 0 aliphatic carbocycles. The molecule has 0 bridgehead atoms. The highest BCUT2D eigenvalue weighted by molar-refractivity contribution is 6.30. The number of ether oxygens (including phenoxy) is 2. The van der Waals surface area contributed by atoms with Gasteiger partial charge in [0.15, 0.2) is 0 Å². The smallest absolute Gasteiger partial charge is 0.255 e. The molecule has 0 spiro atoms. The van der Waals surface area contributed by atoms with Crippen molar-refractivity contribution in [3.05, 3.63) is 89.6 Å².